The molecule has 4 heteroatoms. The normalized spacial score (nSPS) is 9.17. The third-order valence-electron chi connectivity index (χ3n) is 2.14. The maximum Gasteiger partial charge on any atom is 0.306 e. The summed E-state index contributed by atoms with van der Waals surface area (Å²) >= 11 is 5.96. The van der Waals surface area contributed by atoms with Gasteiger partial charge in [0.25, 0.3) is 0 Å². The molecule has 18 heavy (non-hydrogen) atoms. The molecular formula is C14H21ClO3. The predicted molar refractivity (Wildman–Crippen MR) is 74.3 cm³/mol. The zero-order valence-corrected chi connectivity index (χ0v) is 12.2. The Kier molecular flexibility index (Phi) is 9.11. The lowest BCUT2D eigenvalue weighted by molar-refractivity contribution is -0.143. The average molecular weight is 273 g/mol. The first-order valence-electron chi connectivity index (χ1n) is 6.15. The Balaban J connectivity index is 0.00000137. The van der Waals surface area contributed by atoms with Gasteiger partial charge in [-0.15, -0.1) is 0 Å². The molecule has 1 aromatic carbocycles. The van der Waals surface area contributed by atoms with E-state index in [0.717, 1.165) is 5.56 Å². The van der Waals surface area contributed by atoms with Gasteiger partial charge in [0.15, 0.2) is 0 Å². The van der Waals surface area contributed by atoms with E-state index in [2.05, 4.69) is 0 Å². The number of carbonyl (C=O) groups excluding carboxylic acids is 1. The van der Waals surface area contributed by atoms with Crippen molar-refractivity contribution in [2.24, 2.45) is 0 Å². The smallest absolute Gasteiger partial charge is 0.306 e. The van der Waals surface area contributed by atoms with Crippen molar-refractivity contribution in [2.75, 3.05) is 13.7 Å². The molecular weight excluding hydrogens is 252 g/mol. The lowest BCUT2D eigenvalue weighted by atomic mass is 10.1. The second kappa shape index (κ2) is 9.77. The lowest BCUT2D eigenvalue weighted by Gasteiger charge is -2.06. The maximum atomic E-state index is 11.1. The zero-order valence-electron chi connectivity index (χ0n) is 11.5. The molecule has 102 valence electrons. The molecule has 0 N–H and O–H groups in total. The van der Waals surface area contributed by atoms with Gasteiger partial charge < -0.3 is 9.47 Å². The highest BCUT2D eigenvalue weighted by Crippen LogP contribution is 2.25. The predicted octanol–water partition coefficient (Wildman–Crippen LogP) is 3.87. The van der Waals surface area contributed by atoms with E-state index < -0.39 is 0 Å². The van der Waals surface area contributed by atoms with Crippen molar-refractivity contribution >= 4 is 17.6 Å². The molecule has 0 aliphatic carbocycles. The summed E-state index contributed by atoms with van der Waals surface area (Å²) in [5, 5.41) is 0.559. The number of aryl methyl sites for hydroxylation is 1. The van der Waals surface area contributed by atoms with Crippen LogP contribution in [0.4, 0.5) is 0 Å². The highest BCUT2D eigenvalue weighted by molar-refractivity contribution is 6.32. The summed E-state index contributed by atoms with van der Waals surface area (Å²) in [6, 6.07) is 5.49. The minimum absolute atomic E-state index is 0.186. The van der Waals surface area contributed by atoms with Crippen LogP contribution in [0.15, 0.2) is 18.2 Å². The highest BCUT2D eigenvalue weighted by Gasteiger charge is 2.05. The Bertz CT molecular complexity index is 364. The fourth-order valence-corrected chi connectivity index (χ4v) is 1.63. The van der Waals surface area contributed by atoms with Crippen LogP contribution in [0.5, 0.6) is 5.75 Å². The van der Waals surface area contributed by atoms with Gasteiger partial charge in [-0.3, -0.25) is 4.79 Å². The Labute approximate surface area is 114 Å². The first kappa shape index (κ1) is 16.8. The lowest BCUT2D eigenvalue weighted by Crippen LogP contribution is -2.05. The summed E-state index contributed by atoms with van der Waals surface area (Å²) < 4.78 is 9.88. The Hall–Kier alpha value is -1.22. The molecule has 0 fully saturated rings. The maximum absolute atomic E-state index is 11.1. The third kappa shape index (κ3) is 5.92. The Morgan fingerprint density at radius 3 is 2.50 bits per heavy atom. The van der Waals surface area contributed by atoms with Crippen LogP contribution in [0.2, 0.25) is 5.02 Å². The van der Waals surface area contributed by atoms with E-state index in [-0.39, 0.29) is 5.97 Å². The van der Waals surface area contributed by atoms with Gasteiger partial charge in [-0.25, -0.2) is 0 Å². The topological polar surface area (TPSA) is 35.5 Å². The van der Waals surface area contributed by atoms with Gasteiger partial charge in [0.1, 0.15) is 5.75 Å². The number of hydrogen-bond donors (Lipinski definition) is 0. The Morgan fingerprint density at radius 2 is 2.00 bits per heavy atom. The summed E-state index contributed by atoms with van der Waals surface area (Å²) in [7, 11) is 1.57. The van der Waals surface area contributed by atoms with Crippen molar-refractivity contribution in [3.8, 4) is 5.75 Å². The minimum Gasteiger partial charge on any atom is -0.495 e. The SMILES string of the molecule is CC.CCOC(=O)CCc1ccc(OC)c(Cl)c1. The monoisotopic (exact) mass is 272 g/mol. The minimum atomic E-state index is -0.186. The molecule has 1 aromatic rings. The zero-order chi connectivity index (χ0) is 14.0. The second-order valence-corrected chi connectivity index (χ2v) is 3.68. The van der Waals surface area contributed by atoms with Crippen LogP contribution in [0.1, 0.15) is 32.8 Å². The molecule has 0 unspecified atom stereocenters. The van der Waals surface area contributed by atoms with E-state index in [0.29, 0.717) is 30.2 Å². The highest BCUT2D eigenvalue weighted by atomic mass is 35.5. The number of hydrogen-bond acceptors (Lipinski definition) is 3. The van der Waals surface area contributed by atoms with E-state index in [1.165, 1.54) is 0 Å². The van der Waals surface area contributed by atoms with E-state index in [4.69, 9.17) is 21.1 Å². The summed E-state index contributed by atoms with van der Waals surface area (Å²) in [5.74, 6) is 0.455. The standard InChI is InChI=1S/C12H15ClO3.C2H6/c1-3-16-12(14)7-5-9-4-6-11(15-2)10(13)8-9;1-2/h4,6,8H,3,5,7H2,1-2H3;1-2H3. The van der Waals surface area contributed by atoms with Crippen LogP contribution in [0.25, 0.3) is 0 Å². The molecule has 0 saturated carbocycles. The first-order valence-corrected chi connectivity index (χ1v) is 6.53. The van der Waals surface area contributed by atoms with Gasteiger partial charge in [0, 0.05) is 6.42 Å². The molecule has 0 aliphatic heterocycles. The van der Waals surface area contributed by atoms with Gasteiger partial charge in [-0.1, -0.05) is 31.5 Å². The van der Waals surface area contributed by atoms with Crippen LogP contribution < -0.4 is 4.74 Å². The van der Waals surface area contributed by atoms with Crippen LogP contribution in [0.3, 0.4) is 0 Å². The number of halogens is 1. The number of methoxy groups -OCH3 is 1. The average Bonchev–Trinajstić information content (AvgIpc) is 2.39. The van der Waals surface area contributed by atoms with Crippen molar-refractivity contribution in [3.05, 3.63) is 28.8 Å². The molecule has 0 aliphatic rings. The first-order chi connectivity index (χ1) is 8.67. The van der Waals surface area contributed by atoms with Crippen molar-refractivity contribution < 1.29 is 14.3 Å². The molecule has 0 atom stereocenters. The van der Waals surface area contributed by atoms with E-state index in [1.54, 1.807) is 26.2 Å². The molecule has 0 aromatic heterocycles. The van der Waals surface area contributed by atoms with Gasteiger partial charge in [0.2, 0.25) is 0 Å². The number of carbonyl (C=O) groups is 1. The molecule has 3 nitrogen and oxygen atoms in total. The van der Waals surface area contributed by atoms with Gasteiger partial charge in [-0.2, -0.15) is 0 Å². The fourth-order valence-electron chi connectivity index (χ4n) is 1.34. The van der Waals surface area contributed by atoms with Crippen molar-refractivity contribution in [2.45, 2.75) is 33.6 Å². The number of ether oxygens (including phenoxy) is 2. The quantitative estimate of drug-likeness (QED) is 0.764. The molecule has 0 spiro atoms. The molecule has 0 heterocycles. The van der Waals surface area contributed by atoms with E-state index in [9.17, 15) is 4.79 Å². The van der Waals surface area contributed by atoms with E-state index >= 15 is 0 Å². The third-order valence-corrected chi connectivity index (χ3v) is 2.43. The number of rotatable bonds is 5. The van der Waals surface area contributed by atoms with Gasteiger partial charge in [0.05, 0.1) is 18.7 Å². The summed E-state index contributed by atoms with van der Waals surface area (Å²) in [4.78, 5) is 11.1. The molecule has 0 amide bonds. The van der Waals surface area contributed by atoms with Crippen LogP contribution in [0, 0.1) is 0 Å². The molecule has 0 radical (unpaired) electrons. The van der Waals surface area contributed by atoms with Crippen molar-refractivity contribution in [1.82, 2.24) is 0 Å². The van der Waals surface area contributed by atoms with Crippen LogP contribution in [-0.2, 0) is 16.0 Å². The number of esters is 1. The summed E-state index contributed by atoms with van der Waals surface area (Å²) in [5.41, 5.74) is 0.999. The largest absolute Gasteiger partial charge is 0.495 e. The molecule has 0 bridgehead atoms. The fraction of sp³-hybridized carbons (Fsp3) is 0.500. The van der Waals surface area contributed by atoms with Gasteiger partial charge in [-0.05, 0) is 31.0 Å². The van der Waals surface area contributed by atoms with Gasteiger partial charge >= 0.3 is 5.97 Å². The Morgan fingerprint density at radius 1 is 1.33 bits per heavy atom. The number of benzene rings is 1. The van der Waals surface area contributed by atoms with Crippen LogP contribution in [-0.4, -0.2) is 19.7 Å². The molecule has 0 saturated heterocycles. The summed E-state index contributed by atoms with van der Waals surface area (Å²) in [6.07, 6.45) is 0.999. The second-order valence-electron chi connectivity index (χ2n) is 3.27. The van der Waals surface area contributed by atoms with Crippen molar-refractivity contribution in [1.29, 1.82) is 0 Å². The van der Waals surface area contributed by atoms with Crippen molar-refractivity contribution in [3.63, 3.8) is 0 Å². The molecule has 1 rings (SSSR count). The van der Waals surface area contributed by atoms with Crippen LogP contribution >= 0.6 is 11.6 Å². The van der Waals surface area contributed by atoms with E-state index in [1.807, 2.05) is 19.9 Å². The summed E-state index contributed by atoms with van der Waals surface area (Å²) in [6.45, 7) is 6.21.